The smallest absolute Gasteiger partial charge is 0.481 e. The Morgan fingerprint density at radius 3 is 2.74 bits per heavy atom. The molecule has 0 aliphatic heterocycles. The largest absolute Gasteiger partial charge is 0.483 e. The van der Waals surface area contributed by atoms with Crippen LogP contribution in [0, 0.1) is 0 Å². The van der Waals surface area contributed by atoms with Crippen LogP contribution < -0.4 is 14.8 Å². The number of aromatic nitrogens is 3. The van der Waals surface area contributed by atoms with Crippen molar-refractivity contribution in [3.8, 4) is 17.0 Å². The third-order valence-electron chi connectivity index (χ3n) is 6.88. The lowest BCUT2D eigenvalue weighted by molar-refractivity contribution is 0.256. The molecule has 0 saturated carbocycles. The molecule has 1 aliphatic carbocycles. The van der Waals surface area contributed by atoms with Crippen molar-refractivity contribution in [3.05, 3.63) is 65.4 Å². The molecule has 0 spiro atoms. The molecule has 0 fully saturated rings. The molecule has 1 aromatic carbocycles. The maximum atomic E-state index is 13.1. The van der Waals surface area contributed by atoms with Crippen LogP contribution in [0.25, 0.3) is 11.1 Å². The van der Waals surface area contributed by atoms with E-state index in [2.05, 4.69) is 20.1 Å². The summed E-state index contributed by atoms with van der Waals surface area (Å²) in [6.45, 7) is 3.58. The van der Waals surface area contributed by atoms with E-state index in [1.54, 1.807) is 31.3 Å². The van der Waals surface area contributed by atoms with Crippen molar-refractivity contribution in [1.82, 2.24) is 19.5 Å². The van der Waals surface area contributed by atoms with E-state index in [4.69, 9.17) is 4.74 Å². The normalized spacial score (nSPS) is 14.0. The molecule has 1 unspecified atom stereocenters. The molecule has 3 aromatic rings. The zero-order chi connectivity index (χ0) is 28.2. The first-order valence-electron chi connectivity index (χ1n) is 12.7. The second kappa shape index (κ2) is 12.0. The Morgan fingerprint density at radius 1 is 1.26 bits per heavy atom. The summed E-state index contributed by atoms with van der Waals surface area (Å²) in [6, 6.07) is 7.57. The highest BCUT2D eigenvalue weighted by Gasteiger charge is 2.26. The molecule has 11 nitrogen and oxygen atoms in total. The first-order valence-corrected chi connectivity index (χ1v) is 14.2. The van der Waals surface area contributed by atoms with Gasteiger partial charge in [0.25, 0.3) is 10.0 Å². The van der Waals surface area contributed by atoms with Crippen molar-refractivity contribution < 1.29 is 28.0 Å². The van der Waals surface area contributed by atoms with Gasteiger partial charge in [0.05, 0.1) is 18.8 Å². The van der Waals surface area contributed by atoms with Gasteiger partial charge in [-0.2, -0.15) is 13.5 Å². The second-order valence-corrected chi connectivity index (χ2v) is 10.9. The minimum absolute atomic E-state index is 0.279. The number of sulfonamides is 1. The van der Waals surface area contributed by atoms with Crippen LogP contribution in [0.5, 0.6) is 5.88 Å². The molecule has 2 aromatic heterocycles. The summed E-state index contributed by atoms with van der Waals surface area (Å²) in [5.41, 5.74) is 4.52. The Kier molecular flexibility index (Phi) is 8.73. The highest BCUT2D eigenvalue weighted by atomic mass is 32.2. The van der Waals surface area contributed by atoms with Gasteiger partial charge in [0.1, 0.15) is 0 Å². The van der Waals surface area contributed by atoms with Crippen LogP contribution in [-0.4, -0.2) is 53.5 Å². The SMILES string of the molecule is C/C=C(\CC(CC)n1ccc(S(=O)(=O)NC(=O)Nc2c(-c3ccnc(OC)c3)ccc3c2CCC3)n1)B(O)O. The number of rotatable bonds is 10. The maximum absolute atomic E-state index is 13.1. The summed E-state index contributed by atoms with van der Waals surface area (Å²) in [5, 5.41) is 25.7. The van der Waals surface area contributed by atoms with Gasteiger partial charge in [0.15, 0.2) is 5.03 Å². The quantitative estimate of drug-likeness (QED) is 0.279. The molecular formula is C26H32BN5O6S. The Hall–Kier alpha value is -3.68. The van der Waals surface area contributed by atoms with E-state index in [0.29, 0.717) is 23.5 Å². The summed E-state index contributed by atoms with van der Waals surface area (Å²) in [6.07, 6.45) is 8.13. The number of carbonyl (C=O) groups excluding carboxylic acids is 1. The average Bonchev–Trinajstić information content (AvgIpc) is 3.60. The minimum atomic E-state index is -4.29. The number of amides is 2. The number of nitrogens with one attached hydrogen (secondary N) is 2. The van der Waals surface area contributed by atoms with Gasteiger partial charge in [-0.3, -0.25) is 4.68 Å². The molecule has 0 saturated heterocycles. The maximum Gasteiger partial charge on any atom is 0.483 e. The molecule has 1 atom stereocenters. The number of allylic oxidation sites excluding steroid dienone is 2. The van der Waals surface area contributed by atoms with Crippen molar-refractivity contribution in [1.29, 1.82) is 0 Å². The van der Waals surface area contributed by atoms with Crippen LogP contribution in [0.1, 0.15) is 50.3 Å². The van der Waals surface area contributed by atoms with Gasteiger partial charge in [-0.1, -0.05) is 25.1 Å². The second-order valence-electron chi connectivity index (χ2n) is 9.26. The number of aryl methyl sites for hydroxylation is 1. The van der Waals surface area contributed by atoms with Crippen molar-refractivity contribution >= 4 is 28.9 Å². The highest BCUT2D eigenvalue weighted by Crippen LogP contribution is 2.38. The monoisotopic (exact) mass is 553 g/mol. The van der Waals surface area contributed by atoms with Gasteiger partial charge in [0, 0.05) is 24.0 Å². The third kappa shape index (κ3) is 6.32. The predicted molar refractivity (Wildman–Crippen MR) is 148 cm³/mol. The topological polar surface area (TPSA) is 156 Å². The van der Waals surface area contributed by atoms with E-state index in [1.807, 2.05) is 19.1 Å². The predicted octanol–water partition coefficient (Wildman–Crippen LogP) is 3.25. The fraction of sp³-hybridized carbons (Fsp3) is 0.346. The third-order valence-corrected chi connectivity index (χ3v) is 8.10. The Labute approximate surface area is 228 Å². The van der Waals surface area contributed by atoms with Gasteiger partial charge in [0.2, 0.25) is 5.88 Å². The number of carbonyl (C=O) groups is 1. The van der Waals surface area contributed by atoms with Crippen molar-refractivity contribution in [3.63, 3.8) is 0 Å². The Balaban J connectivity index is 1.56. The summed E-state index contributed by atoms with van der Waals surface area (Å²) in [7, 11) is -4.38. The molecule has 2 amide bonds. The molecule has 4 N–H and O–H groups in total. The number of fused-ring (bicyclic) bond motifs is 1. The molecule has 39 heavy (non-hydrogen) atoms. The van der Waals surface area contributed by atoms with Gasteiger partial charge < -0.3 is 20.1 Å². The lowest BCUT2D eigenvalue weighted by Gasteiger charge is -2.18. The summed E-state index contributed by atoms with van der Waals surface area (Å²) >= 11 is 0. The average molecular weight is 553 g/mol. The molecule has 13 heteroatoms. The Morgan fingerprint density at radius 2 is 2.05 bits per heavy atom. The number of nitrogens with zero attached hydrogens (tertiary/aromatic N) is 3. The number of anilines is 1. The first kappa shape index (κ1) is 28.3. The van der Waals surface area contributed by atoms with Crippen LogP contribution in [0.3, 0.4) is 0 Å². The number of hydrogen-bond donors (Lipinski definition) is 4. The van der Waals surface area contributed by atoms with Crippen LogP contribution in [0.4, 0.5) is 10.5 Å². The molecule has 2 heterocycles. The van der Waals surface area contributed by atoms with Crippen LogP contribution in [0.15, 0.2) is 59.3 Å². The van der Waals surface area contributed by atoms with E-state index in [9.17, 15) is 23.3 Å². The van der Waals surface area contributed by atoms with E-state index >= 15 is 0 Å². The van der Waals surface area contributed by atoms with Crippen molar-refractivity contribution in [2.24, 2.45) is 0 Å². The number of benzene rings is 1. The van der Waals surface area contributed by atoms with Crippen LogP contribution in [0.2, 0.25) is 0 Å². The van der Waals surface area contributed by atoms with Crippen LogP contribution in [-0.2, 0) is 22.9 Å². The van der Waals surface area contributed by atoms with Crippen molar-refractivity contribution in [2.45, 2.75) is 57.0 Å². The van der Waals surface area contributed by atoms with Gasteiger partial charge in [-0.15, -0.1) is 0 Å². The van der Waals surface area contributed by atoms with Gasteiger partial charge >= 0.3 is 13.1 Å². The number of ether oxygens (including phenoxy) is 1. The standard InChI is InChI=1S/C26H32BN5O6S/c1-4-19(27(34)35)16-20(5-2)32-14-12-24(30-32)39(36,37)31-26(33)29-25-21-8-6-7-17(21)9-10-22(25)18-11-13-28-23(15-18)38-3/h4,9-15,20,34-35H,5-8,16H2,1-3H3,(H2,29,31,33)/b19-4+. The van der Waals surface area contributed by atoms with Gasteiger partial charge in [-0.05, 0) is 73.3 Å². The molecule has 0 bridgehead atoms. The number of methoxy groups -OCH3 is 1. The fourth-order valence-electron chi connectivity index (χ4n) is 4.79. The Bertz CT molecular complexity index is 1490. The minimum Gasteiger partial charge on any atom is -0.481 e. The van der Waals surface area contributed by atoms with E-state index in [-0.39, 0.29) is 17.5 Å². The summed E-state index contributed by atoms with van der Waals surface area (Å²) in [5.74, 6) is 0.419. The summed E-state index contributed by atoms with van der Waals surface area (Å²) in [4.78, 5) is 17.2. The number of hydrogen-bond acceptors (Lipinski definition) is 8. The van der Waals surface area contributed by atoms with E-state index < -0.39 is 23.2 Å². The lowest BCUT2D eigenvalue weighted by Crippen LogP contribution is -2.35. The zero-order valence-corrected chi connectivity index (χ0v) is 22.9. The van der Waals surface area contributed by atoms with Gasteiger partial charge in [-0.25, -0.2) is 14.5 Å². The van der Waals surface area contributed by atoms with Crippen molar-refractivity contribution in [2.75, 3.05) is 12.4 Å². The molecule has 206 valence electrons. The van der Waals surface area contributed by atoms with E-state index in [1.165, 1.54) is 24.1 Å². The zero-order valence-electron chi connectivity index (χ0n) is 22.1. The van der Waals surface area contributed by atoms with Crippen LogP contribution >= 0.6 is 0 Å². The lowest BCUT2D eigenvalue weighted by atomic mass is 9.75. The highest BCUT2D eigenvalue weighted by molar-refractivity contribution is 7.90. The number of urea groups is 1. The summed E-state index contributed by atoms with van der Waals surface area (Å²) < 4.78 is 34.9. The first-order chi connectivity index (χ1) is 18.7. The fourth-order valence-corrected chi connectivity index (χ4v) is 5.63. The molecule has 4 rings (SSSR count). The number of pyridine rings is 1. The molecular weight excluding hydrogens is 521 g/mol. The molecule has 1 aliphatic rings. The van der Waals surface area contributed by atoms with E-state index in [0.717, 1.165) is 41.5 Å². The molecule has 0 radical (unpaired) electrons.